The molecule has 0 radical (unpaired) electrons. The standard InChI is InChI=1S/C16H26BrNO2/c1-6-16(4,5)18-11-12-9-14(19-7-2)15(20-8-3)10-13(12)17/h9-10,18H,6-8,11H2,1-5H3. The highest BCUT2D eigenvalue weighted by Crippen LogP contribution is 2.34. The highest BCUT2D eigenvalue weighted by atomic mass is 79.9. The minimum Gasteiger partial charge on any atom is -0.490 e. The minimum absolute atomic E-state index is 0.129. The highest BCUT2D eigenvalue weighted by molar-refractivity contribution is 9.10. The summed E-state index contributed by atoms with van der Waals surface area (Å²) in [6.45, 7) is 12.6. The SMILES string of the molecule is CCOc1cc(Br)c(CNC(C)(C)CC)cc1OCC. The van der Waals surface area contributed by atoms with E-state index in [9.17, 15) is 0 Å². The van der Waals surface area contributed by atoms with Gasteiger partial charge in [0.2, 0.25) is 0 Å². The molecule has 0 aliphatic carbocycles. The maximum atomic E-state index is 5.67. The average molecular weight is 344 g/mol. The van der Waals surface area contributed by atoms with E-state index in [0.717, 1.165) is 28.9 Å². The molecule has 4 heteroatoms. The van der Waals surface area contributed by atoms with E-state index in [0.29, 0.717) is 13.2 Å². The van der Waals surface area contributed by atoms with Crippen molar-refractivity contribution >= 4 is 15.9 Å². The molecule has 0 saturated carbocycles. The highest BCUT2D eigenvalue weighted by Gasteiger charge is 2.16. The van der Waals surface area contributed by atoms with E-state index in [1.54, 1.807) is 0 Å². The third-order valence-electron chi connectivity index (χ3n) is 3.35. The van der Waals surface area contributed by atoms with Crippen LogP contribution in [0.2, 0.25) is 0 Å². The zero-order valence-electron chi connectivity index (χ0n) is 13.2. The van der Waals surface area contributed by atoms with Crippen molar-refractivity contribution in [3.63, 3.8) is 0 Å². The molecular weight excluding hydrogens is 318 g/mol. The summed E-state index contributed by atoms with van der Waals surface area (Å²) in [7, 11) is 0. The number of rotatable bonds is 8. The van der Waals surface area contributed by atoms with Gasteiger partial charge in [-0.3, -0.25) is 0 Å². The van der Waals surface area contributed by atoms with E-state index >= 15 is 0 Å². The van der Waals surface area contributed by atoms with Crippen molar-refractivity contribution in [2.24, 2.45) is 0 Å². The van der Waals surface area contributed by atoms with Gasteiger partial charge >= 0.3 is 0 Å². The fourth-order valence-electron chi connectivity index (χ4n) is 1.71. The Bertz CT molecular complexity index is 433. The Morgan fingerprint density at radius 1 is 1.05 bits per heavy atom. The van der Waals surface area contributed by atoms with E-state index in [2.05, 4.69) is 48.1 Å². The van der Waals surface area contributed by atoms with Crippen LogP contribution in [0, 0.1) is 0 Å². The molecule has 0 unspecified atom stereocenters. The van der Waals surface area contributed by atoms with Gasteiger partial charge in [0.25, 0.3) is 0 Å². The molecule has 0 atom stereocenters. The van der Waals surface area contributed by atoms with Crippen LogP contribution in [0.3, 0.4) is 0 Å². The summed E-state index contributed by atoms with van der Waals surface area (Å²) in [5.41, 5.74) is 1.31. The van der Waals surface area contributed by atoms with E-state index in [1.807, 2.05) is 19.9 Å². The lowest BCUT2D eigenvalue weighted by atomic mass is 10.0. The number of nitrogens with one attached hydrogen (secondary N) is 1. The Balaban J connectivity index is 2.93. The van der Waals surface area contributed by atoms with Gasteiger partial charge < -0.3 is 14.8 Å². The molecule has 1 aromatic carbocycles. The first-order valence-corrected chi connectivity index (χ1v) is 8.05. The first kappa shape index (κ1) is 17.3. The molecule has 0 aliphatic rings. The molecule has 0 bridgehead atoms. The summed E-state index contributed by atoms with van der Waals surface area (Å²) >= 11 is 3.62. The van der Waals surface area contributed by atoms with E-state index < -0.39 is 0 Å². The van der Waals surface area contributed by atoms with Crippen LogP contribution in [0.5, 0.6) is 11.5 Å². The lowest BCUT2D eigenvalue weighted by Gasteiger charge is -2.25. The van der Waals surface area contributed by atoms with Gasteiger partial charge in [-0.25, -0.2) is 0 Å². The first-order valence-electron chi connectivity index (χ1n) is 7.26. The smallest absolute Gasteiger partial charge is 0.162 e. The molecule has 0 spiro atoms. The molecule has 114 valence electrons. The second kappa shape index (κ2) is 7.89. The minimum atomic E-state index is 0.129. The van der Waals surface area contributed by atoms with E-state index in [-0.39, 0.29) is 5.54 Å². The summed E-state index contributed by atoms with van der Waals surface area (Å²) in [6, 6.07) is 4.04. The molecule has 0 fully saturated rings. The molecule has 0 saturated heterocycles. The van der Waals surface area contributed by atoms with Crippen LogP contribution >= 0.6 is 15.9 Å². The Labute approximate surface area is 131 Å². The Kier molecular flexibility index (Phi) is 6.83. The van der Waals surface area contributed by atoms with Crippen LogP contribution in [-0.2, 0) is 6.54 Å². The van der Waals surface area contributed by atoms with Crippen molar-refractivity contribution < 1.29 is 9.47 Å². The van der Waals surface area contributed by atoms with Crippen LogP contribution in [0.4, 0.5) is 0 Å². The Morgan fingerprint density at radius 3 is 2.10 bits per heavy atom. The van der Waals surface area contributed by atoms with Crippen molar-refractivity contribution in [2.45, 2.75) is 53.1 Å². The lowest BCUT2D eigenvalue weighted by molar-refractivity contribution is 0.287. The molecule has 0 aliphatic heterocycles. The van der Waals surface area contributed by atoms with Crippen molar-refractivity contribution in [3.05, 3.63) is 22.2 Å². The topological polar surface area (TPSA) is 30.5 Å². The molecular formula is C16H26BrNO2. The van der Waals surface area contributed by atoms with E-state index in [4.69, 9.17) is 9.47 Å². The molecule has 1 rings (SSSR count). The largest absolute Gasteiger partial charge is 0.490 e. The average Bonchev–Trinajstić information content (AvgIpc) is 2.41. The van der Waals surface area contributed by atoms with Crippen LogP contribution < -0.4 is 14.8 Å². The molecule has 0 amide bonds. The second-order valence-electron chi connectivity index (χ2n) is 5.35. The quantitative estimate of drug-likeness (QED) is 0.752. The van der Waals surface area contributed by atoms with Crippen LogP contribution in [0.1, 0.15) is 46.6 Å². The monoisotopic (exact) mass is 343 g/mol. The number of ether oxygens (including phenoxy) is 2. The maximum Gasteiger partial charge on any atom is 0.162 e. The Hall–Kier alpha value is -0.740. The normalized spacial score (nSPS) is 11.5. The van der Waals surface area contributed by atoms with Crippen LogP contribution in [0.25, 0.3) is 0 Å². The zero-order chi connectivity index (χ0) is 15.2. The number of halogens is 1. The van der Waals surface area contributed by atoms with Gasteiger partial charge in [-0.2, -0.15) is 0 Å². The fraction of sp³-hybridized carbons (Fsp3) is 0.625. The zero-order valence-corrected chi connectivity index (χ0v) is 14.8. The molecule has 0 aromatic heterocycles. The molecule has 1 N–H and O–H groups in total. The van der Waals surface area contributed by atoms with Crippen molar-refractivity contribution in [3.8, 4) is 11.5 Å². The fourth-order valence-corrected chi connectivity index (χ4v) is 2.17. The predicted molar refractivity (Wildman–Crippen MR) is 87.7 cm³/mol. The summed E-state index contributed by atoms with van der Waals surface area (Å²) < 4.78 is 12.3. The summed E-state index contributed by atoms with van der Waals surface area (Å²) in [5.74, 6) is 1.60. The van der Waals surface area contributed by atoms with Gasteiger partial charge in [-0.05, 0) is 51.8 Å². The van der Waals surface area contributed by atoms with E-state index in [1.165, 1.54) is 5.56 Å². The third kappa shape index (κ3) is 4.98. The van der Waals surface area contributed by atoms with Gasteiger partial charge in [0, 0.05) is 16.6 Å². The molecule has 1 aromatic rings. The second-order valence-corrected chi connectivity index (χ2v) is 6.20. The molecule has 3 nitrogen and oxygen atoms in total. The van der Waals surface area contributed by atoms with Gasteiger partial charge in [0.05, 0.1) is 13.2 Å². The van der Waals surface area contributed by atoms with Crippen LogP contribution in [-0.4, -0.2) is 18.8 Å². The van der Waals surface area contributed by atoms with Gasteiger partial charge in [0.15, 0.2) is 11.5 Å². The number of hydrogen-bond donors (Lipinski definition) is 1. The first-order chi connectivity index (χ1) is 9.43. The van der Waals surface area contributed by atoms with Gasteiger partial charge in [-0.1, -0.05) is 22.9 Å². The summed E-state index contributed by atoms with van der Waals surface area (Å²) in [5, 5.41) is 3.56. The van der Waals surface area contributed by atoms with Gasteiger partial charge in [0.1, 0.15) is 0 Å². The number of hydrogen-bond acceptors (Lipinski definition) is 3. The lowest BCUT2D eigenvalue weighted by Crippen LogP contribution is -2.37. The van der Waals surface area contributed by atoms with Crippen molar-refractivity contribution in [1.29, 1.82) is 0 Å². The predicted octanol–water partition coefficient (Wildman–Crippen LogP) is 4.52. The van der Waals surface area contributed by atoms with Gasteiger partial charge in [-0.15, -0.1) is 0 Å². The number of benzene rings is 1. The maximum absolute atomic E-state index is 5.67. The molecule has 0 heterocycles. The van der Waals surface area contributed by atoms with Crippen LogP contribution in [0.15, 0.2) is 16.6 Å². The Morgan fingerprint density at radius 2 is 1.60 bits per heavy atom. The van der Waals surface area contributed by atoms with Crippen molar-refractivity contribution in [1.82, 2.24) is 5.32 Å². The summed E-state index contributed by atoms with van der Waals surface area (Å²) in [6.07, 6.45) is 1.08. The molecule has 20 heavy (non-hydrogen) atoms. The summed E-state index contributed by atoms with van der Waals surface area (Å²) in [4.78, 5) is 0. The third-order valence-corrected chi connectivity index (χ3v) is 4.09. The van der Waals surface area contributed by atoms with Crippen molar-refractivity contribution in [2.75, 3.05) is 13.2 Å².